The standard InChI is InChI=1S/C19H22ClN3O2/c1-14(2)17-13-22(19(24)25-16-6-4-3-5-7-16)10-11-23(17)18-9-8-15(20)12-21-18/h3-9,12,14,17H,10-11,13H2,1-2H3/t17-/m1/s1. The van der Waals surface area contributed by atoms with E-state index < -0.39 is 0 Å². The first-order valence-corrected chi connectivity index (χ1v) is 8.82. The van der Waals surface area contributed by atoms with Gasteiger partial charge in [-0.3, -0.25) is 0 Å². The maximum atomic E-state index is 12.5. The summed E-state index contributed by atoms with van der Waals surface area (Å²) in [5.74, 6) is 1.82. The van der Waals surface area contributed by atoms with E-state index in [0.29, 0.717) is 36.3 Å². The molecule has 1 saturated heterocycles. The predicted molar refractivity (Wildman–Crippen MR) is 99.3 cm³/mol. The van der Waals surface area contributed by atoms with Crippen molar-refractivity contribution in [1.82, 2.24) is 9.88 Å². The maximum absolute atomic E-state index is 12.5. The lowest BCUT2D eigenvalue weighted by molar-refractivity contribution is 0.136. The Hall–Kier alpha value is -2.27. The number of nitrogens with zero attached hydrogens (tertiary/aromatic N) is 3. The summed E-state index contributed by atoms with van der Waals surface area (Å²) in [5.41, 5.74) is 0. The van der Waals surface area contributed by atoms with Gasteiger partial charge in [0, 0.05) is 25.8 Å². The van der Waals surface area contributed by atoms with Crippen LogP contribution in [-0.2, 0) is 0 Å². The number of pyridine rings is 1. The summed E-state index contributed by atoms with van der Waals surface area (Å²) in [6, 6.07) is 13.1. The molecule has 0 spiro atoms. The molecule has 0 N–H and O–H groups in total. The van der Waals surface area contributed by atoms with Gasteiger partial charge in [0.2, 0.25) is 0 Å². The third-order valence-corrected chi connectivity index (χ3v) is 4.62. The Bertz CT molecular complexity index is 706. The number of carbonyl (C=O) groups is 1. The quantitative estimate of drug-likeness (QED) is 0.828. The zero-order chi connectivity index (χ0) is 17.8. The van der Waals surface area contributed by atoms with Crippen molar-refractivity contribution in [3.63, 3.8) is 0 Å². The number of hydrogen-bond donors (Lipinski definition) is 0. The fraction of sp³-hybridized carbons (Fsp3) is 0.368. The molecule has 2 aromatic rings. The van der Waals surface area contributed by atoms with Crippen LogP contribution < -0.4 is 9.64 Å². The Labute approximate surface area is 153 Å². The van der Waals surface area contributed by atoms with Crippen molar-refractivity contribution in [2.75, 3.05) is 24.5 Å². The van der Waals surface area contributed by atoms with E-state index in [1.54, 1.807) is 23.2 Å². The number of para-hydroxylation sites is 1. The van der Waals surface area contributed by atoms with Gasteiger partial charge < -0.3 is 14.5 Å². The molecular weight excluding hydrogens is 338 g/mol. The normalized spacial score (nSPS) is 17.7. The van der Waals surface area contributed by atoms with E-state index in [1.807, 2.05) is 30.3 Å². The average molecular weight is 360 g/mol. The van der Waals surface area contributed by atoms with Crippen LogP contribution in [0.1, 0.15) is 13.8 Å². The molecule has 25 heavy (non-hydrogen) atoms. The molecule has 1 atom stereocenters. The van der Waals surface area contributed by atoms with Crippen LogP contribution in [0.25, 0.3) is 0 Å². The largest absolute Gasteiger partial charge is 0.415 e. The van der Waals surface area contributed by atoms with Crippen molar-refractivity contribution in [3.8, 4) is 5.75 Å². The van der Waals surface area contributed by atoms with Gasteiger partial charge in [-0.25, -0.2) is 9.78 Å². The Morgan fingerprint density at radius 2 is 1.96 bits per heavy atom. The van der Waals surface area contributed by atoms with Gasteiger partial charge in [-0.15, -0.1) is 0 Å². The SMILES string of the molecule is CC(C)[C@H]1CN(C(=O)Oc2ccccc2)CCN1c1ccc(Cl)cn1. The second kappa shape index (κ2) is 7.74. The number of rotatable bonds is 3. The smallest absolute Gasteiger partial charge is 0.410 e. The first-order valence-electron chi connectivity index (χ1n) is 8.44. The van der Waals surface area contributed by atoms with Crippen molar-refractivity contribution in [1.29, 1.82) is 0 Å². The van der Waals surface area contributed by atoms with Gasteiger partial charge in [0.1, 0.15) is 11.6 Å². The number of aromatic nitrogens is 1. The van der Waals surface area contributed by atoms with E-state index in [4.69, 9.17) is 16.3 Å². The van der Waals surface area contributed by atoms with Crippen LogP contribution in [-0.4, -0.2) is 41.7 Å². The highest BCUT2D eigenvalue weighted by atomic mass is 35.5. The molecule has 2 heterocycles. The van der Waals surface area contributed by atoms with E-state index in [-0.39, 0.29) is 12.1 Å². The van der Waals surface area contributed by atoms with Gasteiger partial charge in [0.05, 0.1) is 11.1 Å². The van der Waals surface area contributed by atoms with Crippen molar-refractivity contribution < 1.29 is 9.53 Å². The van der Waals surface area contributed by atoms with Crippen LogP contribution >= 0.6 is 11.6 Å². The van der Waals surface area contributed by atoms with Crippen LogP contribution in [0.2, 0.25) is 5.02 Å². The van der Waals surface area contributed by atoms with Crippen LogP contribution in [0.3, 0.4) is 0 Å². The van der Waals surface area contributed by atoms with Crippen LogP contribution in [0.4, 0.5) is 10.6 Å². The molecule has 1 aliphatic rings. The van der Waals surface area contributed by atoms with Crippen molar-refractivity contribution >= 4 is 23.5 Å². The fourth-order valence-corrected chi connectivity index (χ4v) is 3.13. The second-order valence-electron chi connectivity index (χ2n) is 6.47. The number of carbonyl (C=O) groups excluding carboxylic acids is 1. The van der Waals surface area contributed by atoms with Gasteiger partial charge in [0.15, 0.2) is 0 Å². The summed E-state index contributed by atoms with van der Waals surface area (Å²) >= 11 is 5.94. The van der Waals surface area contributed by atoms with Crippen LogP contribution in [0.15, 0.2) is 48.7 Å². The molecule has 0 saturated carbocycles. The van der Waals surface area contributed by atoms with Gasteiger partial charge in [-0.2, -0.15) is 0 Å². The zero-order valence-electron chi connectivity index (χ0n) is 14.4. The predicted octanol–water partition coefficient (Wildman–Crippen LogP) is 4.08. The Morgan fingerprint density at radius 1 is 1.20 bits per heavy atom. The fourth-order valence-electron chi connectivity index (χ4n) is 3.02. The minimum atomic E-state index is -0.305. The summed E-state index contributed by atoms with van der Waals surface area (Å²) in [4.78, 5) is 20.9. The van der Waals surface area contributed by atoms with E-state index in [9.17, 15) is 4.79 Å². The number of ether oxygens (including phenoxy) is 1. The molecule has 6 heteroatoms. The molecule has 1 amide bonds. The van der Waals surface area contributed by atoms with Gasteiger partial charge >= 0.3 is 6.09 Å². The highest BCUT2D eigenvalue weighted by Gasteiger charge is 2.33. The molecule has 132 valence electrons. The highest BCUT2D eigenvalue weighted by molar-refractivity contribution is 6.30. The number of hydrogen-bond acceptors (Lipinski definition) is 4. The summed E-state index contributed by atoms with van der Waals surface area (Å²) in [6.45, 7) is 6.22. The lowest BCUT2D eigenvalue weighted by Gasteiger charge is -2.43. The second-order valence-corrected chi connectivity index (χ2v) is 6.90. The van der Waals surface area contributed by atoms with E-state index in [2.05, 4.69) is 23.7 Å². The van der Waals surface area contributed by atoms with Crippen molar-refractivity contribution in [3.05, 3.63) is 53.7 Å². The molecule has 1 aromatic heterocycles. The molecule has 1 aromatic carbocycles. The highest BCUT2D eigenvalue weighted by Crippen LogP contribution is 2.24. The number of amides is 1. The summed E-state index contributed by atoms with van der Waals surface area (Å²) in [7, 11) is 0. The molecule has 0 radical (unpaired) electrons. The summed E-state index contributed by atoms with van der Waals surface area (Å²) in [6.07, 6.45) is 1.35. The van der Waals surface area contributed by atoms with Gasteiger partial charge in [-0.05, 0) is 30.2 Å². The van der Waals surface area contributed by atoms with E-state index in [1.165, 1.54) is 0 Å². The number of halogens is 1. The first-order chi connectivity index (χ1) is 12.0. The Balaban J connectivity index is 1.70. The molecule has 3 rings (SSSR count). The number of benzene rings is 1. The Morgan fingerprint density at radius 3 is 2.60 bits per heavy atom. The number of piperazine rings is 1. The molecule has 1 fully saturated rings. The minimum Gasteiger partial charge on any atom is -0.410 e. The topological polar surface area (TPSA) is 45.7 Å². The van der Waals surface area contributed by atoms with E-state index in [0.717, 1.165) is 5.82 Å². The third-order valence-electron chi connectivity index (χ3n) is 4.40. The average Bonchev–Trinajstić information content (AvgIpc) is 2.62. The monoisotopic (exact) mass is 359 g/mol. The molecule has 0 bridgehead atoms. The van der Waals surface area contributed by atoms with Crippen LogP contribution in [0.5, 0.6) is 5.75 Å². The summed E-state index contributed by atoms with van der Waals surface area (Å²) < 4.78 is 5.47. The number of anilines is 1. The lowest BCUT2D eigenvalue weighted by atomic mass is 9.99. The lowest BCUT2D eigenvalue weighted by Crippen LogP contribution is -2.57. The van der Waals surface area contributed by atoms with Crippen molar-refractivity contribution in [2.24, 2.45) is 5.92 Å². The van der Waals surface area contributed by atoms with E-state index >= 15 is 0 Å². The maximum Gasteiger partial charge on any atom is 0.415 e. The van der Waals surface area contributed by atoms with Gasteiger partial charge in [0.25, 0.3) is 0 Å². The Kier molecular flexibility index (Phi) is 5.43. The van der Waals surface area contributed by atoms with Gasteiger partial charge in [-0.1, -0.05) is 43.6 Å². The molecule has 0 unspecified atom stereocenters. The first kappa shape index (κ1) is 17.5. The molecule has 1 aliphatic heterocycles. The zero-order valence-corrected chi connectivity index (χ0v) is 15.2. The minimum absolute atomic E-state index is 0.172. The molecule has 5 nitrogen and oxygen atoms in total. The van der Waals surface area contributed by atoms with Crippen LogP contribution in [0, 0.1) is 5.92 Å². The molecule has 0 aliphatic carbocycles. The van der Waals surface area contributed by atoms with Crippen molar-refractivity contribution in [2.45, 2.75) is 19.9 Å². The third kappa shape index (κ3) is 4.23. The summed E-state index contributed by atoms with van der Waals surface area (Å²) in [5, 5.41) is 0.620. The molecular formula is C19H22ClN3O2.